The van der Waals surface area contributed by atoms with Crippen LogP contribution in [0, 0.1) is 0 Å². The van der Waals surface area contributed by atoms with Gasteiger partial charge in [0.1, 0.15) is 0 Å². The normalized spacial score (nSPS) is 13.5. The molecule has 108 valence electrons. The monoisotopic (exact) mass is 284 g/mol. The SMILES string of the molecule is CCCNC(CCC(C)(C)OC)c1ncccc1Cl. The van der Waals surface area contributed by atoms with Crippen LogP contribution in [-0.2, 0) is 4.74 Å². The van der Waals surface area contributed by atoms with Crippen LogP contribution in [0.25, 0.3) is 0 Å². The largest absolute Gasteiger partial charge is 0.379 e. The van der Waals surface area contributed by atoms with E-state index in [1.807, 2.05) is 12.1 Å². The first kappa shape index (κ1) is 16.4. The molecule has 1 rings (SSSR count). The molecule has 1 atom stereocenters. The van der Waals surface area contributed by atoms with E-state index in [9.17, 15) is 0 Å². The lowest BCUT2D eigenvalue weighted by atomic mass is 9.97. The topological polar surface area (TPSA) is 34.1 Å². The molecule has 0 aliphatic heterocycles. The summed E-state index contributed by atoms with van der Waals surface area (Å²) in [5.41, 5.74) is 0.817. The third kappa shape index (κ3) is 5.47. The number of rotatable bonds is 8. The summed E-state index contributed by atoms with van der Waals surface area (Å²) in [6.07, 6.45) is 4.80. The lowest BCUT2D eigenvalue weighted by Gasteiger charge is -2.26. The van der Waals surface area contributed by atoms with E-state index < -0.39 is 0 Å². The maximum atomic E-state index is 6.25. The molecule has 0 amide bonds. The Labute approximate surface area is 121 Å². The highest BCUT2D eigenvalue weighted by Crippen LogP contribution is 2.27. The van der Waals surface area contributed by atoms with Crippen molar-refractivity contribution in [1.29, 1.82) is 0 Å². The summed E-state index contributed by atoms with van der Waals surface area (Å²) >= 11 is 6.25. The smallest absolute Gasteiger partial charge is 0.0758 e. The van der Waals surface area contributed by atoms with Gasteiger partial charge < -0.3 is 10.1 Å². The molecule has 1 heterocycles. The van der Waals surface area contributed by atoms with Gasteiger partial charge in [-0.1, -0.05) is 18.5 Å². The molecule has 1 aromatic heterocycles. The first-order chi connectivity index (χ1) is 9.00. The molecule has 0 spiro atoms. The van der Waals surface area contributed by atoms with E-state index in [-0.39, 0.29) is 11.6 Å². The fraction of sp³-hybridized carbons (Fsp3) is 0.667. The van der Waals surface area contributed by atoms with Gasteiger partial charge in [0.25, 0.3) is 0 Å². The Kier molecular flexibility index (Phi) is 6.76. The first-order valence-corrected chi connectivity index (χ1v) is 7.27. The summed E-state index contributed by atoms with van der Waals surface area (Å²) in [7, 11) is 1.75. The van der Waals surface area contributed by atoms with Crippen molar-refractivity contribution in [3.8, 4) is 0 Å². The Hall–Kier alpha value is -0.640. The van der Waals surface area contributed by atoms with E-state index in [4.69, 9.17) is 16.3 Å². The van der Waals surface area contributed by atoms with Gasteiger partial charge in [0.2, 0.25) is 0 Å². The van der Waals surface area contributed by atoms with E-state index in [1.54, 1.807) is 13.3 Å². The van der Waals surface area contributed by atoms with Crippen LogP contribution in [0.1, 0.15) is 51.8 Å². The summed E-state index contributed by atoms with van der Waals surface area (Å²) in [4.78, 5) is 4.42. The molecular weight excluding hydrogens is 260 g/mol. The average molecular weight is 285 g/mol. The molecule has 19 heavy (non-hydrogen) atoms. The molecule has 3 nitrogen and oxygen atoms in total. The van der Waals surface area contributed by atoms with Crippen LogP contribution < -0.4 is 5.32 Å². The van der Waals surface area contributed by atoms with Crippen molar-refractivity contribution in [2.24, 2.45) is 0 Å². The highest BCUT2D eigenvalue weighted by molar-refractivity contribution is 6.31. The van der Waals surface area contributed by atoms with Crippen molar-refractivity contribution in [2.75, 3.05) is 13.7 Å². The maximum absolute atomic E-state index is 6.25. The zero-order chi connectivity index (χ0) is 14.3. The zero-order valence-electron chi connectivity index (χ0n) is 12.4. The quantitative estimate of drug-likeness (QED) is 0.784. The van der Waals surface area contributed by atoms with Gasteiger partial charge in [-0.05, 0) is 51.8 Å². The van der Waals surface area contributed by atoms with E-state index in [0.717, 1.165) is 36.5 Å². The molecule has 0 fully saturated rings. The van der Waals surface area contributed by atoms with Crippen molar-refractivity contribution in [2.45, 2.75) is 51.7 Å². The van der Waals surface area contributed by atoms with Gasteiger partial charge >= 0.3 is 0 Å². The number of hydrogen-bond acceptors (Lipinski definition) is 3. The van der Waals surface area contributed by atoms with Crippen LogP contribution in [0.3, 0.4) is 0 Å². The molecule has 0 radical (unpaired) electrons. The third-order valence-corrected chi connectivity index (χ3v) is 3.67. The van der Waals surface area contributed by atoms with Gasteiger partial charge in [-0.3, -0.25) is 4.98 Å². The minimum absolute atomic E-state index is 0.118. The molecule has 1 N–H and O–H groups in total. The second kappa shape index (κ2) is 7.83. The molecule has 0 aromatic carbocycles. The molecule has 1 unspecified atom stereocenters. The minimum Gasteiger partial charge on any atom is -0.379 e. The lowest BCUT2D eigenvalue weighted by molar-refractivity contribution is 0.0116. The Morgan fingerprint density at radius 3 is 2.79 bits per heavy atom. The van der Waals surface area contributed by atoms with Crippen LogP contribution in [0.15, 0.2) is 18.3 Å². The predicted octanol–water partition coefficient (Wildman–Crippen LogP) is 3.98. The van der Waals surface area contributed by atoms with Crippen molar-refractivity contribution < 1.29 is 4.74 Å². The Morgan fingerprint density at radius 1 is 1.47 bits per heavy atom. The molecule has 0 bridgehead atoms. The number of hydrogen-bond donors (Lipinski definition) is 1. The van der Waals surface area contributed by atoms with Crippen LogP contribution >= 0.6 is 11.6 Å². The van der Waals surface area contributed by atoms with Crippen molar-refractivity contribution in [3.05, 3.63) is 29.0 Å². The number of nitrogens with zero attached hydrogens (tertiary/aromatic N) is 1. The van der Waals surface area contributed by atoms with E-state index >= 15 is 0 Å². The summed E-state index contributed by atoms with van der Waals surface area (Å²) in [5.74, 6) is 0. The van der Waals surface area contributed by atoms with Crippen LogP contribution in [0.4, 0.5) is 0 Å². The Morgan fingerprint density at radius 2 is 2.21 bits per heavy atom. The number of halogens is 1. The lowest BCUT2D eigenvalue weighted by Crippen LogP contribution is -2.28. The van der Waals surface area contributed by atoms with E-state index in [1.165, 1.54) is 0 Å². The summed E-state index contributed by atoms with van der Waals surface area (Å²) in [6, 6.07) is 3.94. The van der Waals surface area contributed by atoms with Crippen molar-refractivity contribution >= 4 is 11.6 Å². The van der Waals surface area contributed by atoms with Crippen LogP contribution in [0.2, 0.25) is 5.02 Å². The van der Waals surface area contributed by atoms with Gasteiger partial charge in [0.15, 0.2) is 0 Å². The number of methoxy groups -OCH3 is 1. The third-order valence-electron chi connectivity index (χ3n) is 3.35. The number of ether oxygens (including phenoxy) is 1. The predicted molar refractivity (Wildman–Crippen MR) is 80.6 cm³/mol. The Balaban J connectivity index is 2.75. The fourth-order valence-electron chi connectivity index (χ4n) is 1.90. The molecular formula is C15H25ClN2O. The van der Waals surface area contributed by atoms with E-state index in [0.29, 0.717) is 0 Å². The second-order valence-electron chi connectivity index (χ2n) is 5.38. The minimum atomic E-state index is -0.118. The van der Waals surface area contributed by atoms with Gasteiger partial charge in [-0.2, -0.15) is 0 Å². The summed E-state index contributed by atoms with van der Waals surface area (Å²) < 4.78 is 5.48. The second-order valence-corrected chi connectivity index (χ2v) is 5.79. The Bertz CT molecular complexity index is 382. The number of pyridine rings is 1. The summed E-state index contributed by atoms with van der Waals surface area (Å²) in [5, 5.41) is 4.25. The number of aromatic nitrogens is 1. The van der Waals surface area contributed by atoms with Crippen LogP contribution in [-0.4, -0.2) is 24.2 Å². The van der Waals surface area contributed by atoms with Gasteiger partial charge in [-0.15, -0.1) is 0 Å². The molecule has 0 aliphatic rings. The highest BCUT2D eigenvalue weighted by atomic mass is 35.5. The molecule has 4 heteroatoms. The molecule has 1 aromatic rings. The fourth-order valence-corrected chi connectivity index (χ4v) is 2.16. The van der Waals surface area contributed by atoms with Crippen molar-refractivity contribution in [3.63, 3.8) is 0 Å². The van der Waals surface area contributed by atoms with Gasteiger partial charge in [0, 0.05) is 13.3 Å². The molecule has 0 saturated carbocycles. The molecule has 0 aliphatic carbocycles. The maximum Gasteiger partial charge on any atom is 0.0758 e. The first-order valence-electron chi connectivity index (χ1n) is 6.89. The summed E-state index contributed by atoms with van der Waals surface area (Å²) in [6.45, 7) is 7.32. The average Bonchev–Trinajstić information content (AvgIpc) is 2.40. The molecule has 0 saturated heterocycles. The van der Waals surface area contributed by atoms with Gasteiger partial charge in [-0.25, -0.2) is 0 Å². The number of nitrogens with one attached hydrogen (secondary N) is 1. The standard InChI is InChI=1S/C15H25ClN2O/c1-5-10-17-13(8-9-15(2,3)19-4)14-12(16)7-6-11-18-14/h6-7,11,13,17H,5,8-10H2,1-4H3. The van der Waals surface area contributed by atoms with E-state index in [2.05, 4.69) is 31.1 Å². The van der Waals surface area contributed by atoms with Crippen molar-refractivity contribution in [1.82, 2.24) is 10.3 Å². The zero-order valence-corrected chi connectivity index (χ0v) is 13.1. The van der Waals surface area contributed by atoms with Gasteiger partial charge in [0.05, 0.1) is 22.4 Å². The highest BCUT2D eigenvalue weighted by Gasteiger charge is 2.21. The van der Waals surface area contributed by atoms with Crippen LogP contribution in [0.5, 0.6) is 0 Å².